The maximum absolute atomic E-state index is 12.9. The van der Waals surface area contributed by atoms with Crippen LogP contribution in [-0.2, 0) is 20.8 Å². The van der Waals surface area contributed by atoms with Gasteiger partial charge in [-0.25, -0.2) is 8.42 Å². The summed E-state index contributed by atoms with van der Waals surface area (Å²) < 4.78 is 63.8. The number of halogens is 3. The molecule has 2 aromatic rings. The molecule has 1 heterocycles. The van der Waals surface area contributed by atoms with E-state index in [-0.39, 0.29) is 10.5 Å². The summed E-state index contributed by atoms with van der Waals surface area (Å²) in [4.78, 5) is 23.6. The van der Waals surface area contributed by atoms with Gasteiger partial charge in [0.15, 0.2) is 21.3 Å². The largest absolute Gasteiger partial charge is 0.417 e. The number of amides is 2. The van der Waals surface area contributed by atoms with Gasteiger partial charge < -0.3 is 15.7 Å². The third-order valence-corrected chi connectivity index (χ3v) is 5.96. The van der Waals surface area contributed by atoms with Gasteiger partial charge in [0.2, 0.25) is 0 Å². The van der Waals surface area contributed by atoms with Crippen LogP contribution in [0.2, 0.25) is 0 Å². The fourth-order valence-corrected chi connectivity index (χ4v) is 4.01. The van der Waals surface area contributed by atoms with E-state index in [9.17, 15) is 36.3 Å². The van der Waals surface area contributed by atoms with Crippen LogP contribution in [0.15, 0.2) is 35.2 Å². The highest BCUT2D eigenvalue weighted by Gasteiger charge is 2.38. The zero-order valence-corrected chi connectivity index (χ0v) is 17.0. The molecule has 14 heteroatoms. The SMILES string of the molecule is [B]c1nnc(NC(=O)[C@@](C)(O)CS(=O)(=O)c2ccc(C(=O)NC)cc2)cc1C(F)(F)F. The van der Waals surface area contributed by atoms with Gasteiger partial charge in [0, 0.05) is 18.2 Å². The van der Waals surface area contributed by atoms with Crippen molar-refractivity contribution in [3.63, 3.8) is 0 Å². The lowest BCUT2D eigenvalue weighted by Gasteiger charge is -2.22. The van der Waals surface area contributed by atoms with Crippen molar-refractivity contribution in [2.75, 3.05) is 18.1 Å². The first-order chi connectivity index (χ1) is 14.2. The molecule has 0 aliphatic heterocycles. The lowest BCUT2D eigenvalue weighted by molar-refractivity contribution is -0.137. The molecule has 2 amide bonds. The monoisotopic (exact) mass is 456 g/mol. The van der Waals surface area contributed by atoms with Crippen molar-refractivity contribution in [3.8, 4) is 0 Å². The van der Waals surface area contributed by atoms with Crippen molar-refractivity contribution < 1.29 is 36.3 Å². The topological polar surface area (TPSA) is 138 Å². The Balaban J connectivity index is 2.21. The fourth-order valence-electron chi connectivity index (χ4n) is 2.42. The highest BCUT2D eigenvalue weighted by molar-refractivity contribution is 7.91. The van der Waals surface area contributed by atoms with Crippen LogP contribution in [0.25, 0.3) is 0 Å². The lowest BCUT2D eigenvalue weighted by atomic mass is 9.98. The molecule has 0 unspecified atom stereocenters. The highest BCUT2D eigenvalue weighted by Crippen LogP contribution is 2.28. The van der Waals surface area contributed by atoms with Gasteiger partial charge in [-0.1, -0.05) is 0 Å². The second-order valence-corrected chi connectivity index (χ2v) is 8.61. The standard InChI is InChI=1S/C17H16BF3N4O5S/c1-16(28,8-31(29,30)10-5-3-9(4-6-10)14(26)22-2)15(27)23-12-7-11(17(19,20)21)13(18)25-24-12/h3-7,28H,8H2,1-2H3,(H,22,26)(H,23,24,27)/t16-/m0/s1. The molecular weight excluding hydrogens is 440 g/mol. The Labute approximate surface area is 176 Å². The number of nitrogens with zero attached hydrogens (tertiary/aromatic N) is 2. The van der Waals surface area contributed by atoms with Gasteiger partial charge in [-0.3, -0.25) is 9.59 Å². The summed E-state index contributed by atoms with van der Waals surface area (Å²) >= 11 is 0. The van der Waals surface area contributed by atoms with Gasteiger partial charge in [-0.2, -0.15) is 18.3 Å². The number of hydrogen-bond donors (Lipinski definition) is 3. The van der Waals surface area contributed by atoms with Crippen LogP contribution in [-0.4, -0.2) is 61.8 Å². The van der Waals surface area contributed by atoms with Gasteiger partial charge in [0.25, 0.3) is 11.8 Å². The van der Waals surface area contributed by atoms with E-state index in [0.29, 0.717) is 6.07 Å². The van der Waals surface area contributed by atoms with Crippen LogP contribution in [0.4, 0.5) is 19.0 Å². The van der Waals surface area contributed by atoms with E-state index in [1.807, 2.05) is 5.32 Å². The zero-order valence-electron chi connectivity index (χ0n) is 16.2. The van der Waals surface area contributed by atoms with Crippen LogP contribution in [0.3, 0.4) is 0 Å². The summed E-state index contributed by atoms with van der Waals surface area (Å²) in [5, 5.41) is 21.0. The molecular formula is C17H16BF3N4O5S. The number of rotatable bonds is 6. The summed E-state index contributed by atoms with van der Waals surface area (Å²) in [7, 11) is 2.29. The zero-order chi connectivity index (χ0) is 23.6. The molecule has 0 bridgehead atoms. The minimum Gasteiger partial charge on any atom is -0.379 e. The van der Waals surface area contributed by atoms with Crippen molar-refractivity contribution in [2.45, 2.75) is 23.6 Å². The lowest BCUT2D eigenvalue weighted by Crippen LogP contribution is -2.46. The number of benzene rings is 1. The number of nitrogens with one attached hydrogen (secondary N) is 2. The summed E-state index contributed by atoms with van der Waals surface area (Å²) in [5.41, 5.74) is -4.63. The average molecular weight is 456 g/mol. The number of sulfone groups is 1. The van der Waals surface area contributed by atoms with Crippen LogP contribution in [0.5, 0.6) is 0 Å². The summed E-state index contributed by atoms with van der Waals surface area (Å²) in [5.74, 6) is -3.55. The summed E-state index contributed by atoms with van der Waals surface area (Å²) in [6, 6.07) is 5.12. The number of aliphatic hydroxyl groups is 1. The number of carbonyl (C=O) groups is 2. The van der Waals surface area contributed by atoms with Gasteiger partial charge in [-0.05, 0) is 37.3 Å². The van der Waals surface area contributed by atoms with Crippen molar-refractivity contribution >= 4 is 40.9 Å². The van der Waals surface area contributed by atoms with Gasteiger partial charge in [-0.15, -0.1) is 5.10 Å². The van der Waals surface area contributed by atoms with E-state index < -0.39 is 56.2 Å². The molecule has 31 heavy (non-hydrogen) atoms. The van der Waals surface area contributed by atoms with E-state index in [1.54, 1.807) is 0 Å². The van der Waals surface area contributed by atoms with E-state index in [0.717, 1.165) is 19.1 Å². The van der Waals surface area contributed by atoms with Crippen molar-refractivity contribution in [3.05, 3.63) is 41.5 Å². The number of alkyl halides is 3. The van der Waals surface area contributed by atoms with Crippen LogP contribution in [0.1, 0.15) is 22.8 Å². The smallest absolute Gasteiger partial charge is 0.379 e. The molecule has 164 valence electrons. The molecule has 0 spiro atoms. The molecule has 3 N–H and O–H groups in total. The van der Waals surface area contributed by atoms with Gasteiger partial charge in [0.1, 0.15) is 7.85 Å². The molecule has 0 saturated carbocycles. The van der Waals surface area contributed by atoms with Crippen LogP contribution in [0, 0.1) is 0 Å². The second kappa shape index (κ2) is 8.63. The van der Waals surface area contributed by atoms with Gasteiger partial charge in [0.05, 0.1) is 16.2 Å². The molecule has 9 nitrogen and oxygen atoms in total. The minimum atomic E-state index is -4.87. The maximum atomic E-state index is 12.9. The molecule has 2 rings (SSSR count). The Morgan fingerprint density at radius 3 is 2.26 bits per heavy atom. The Hall–Kier alpha value is -3.00. The van der Waals surface area contributed by atoms with Crippen LogP contribution < -0.4 is 16.2 Å². The Bertz CT molecular complexity index is 1110. The predicted octanol–water partition coefficient (Wildman–Crippen LogP) is -0.188. The molecule has 1 atom stereocenters. The van der Waals surface area contributed by atoms with Crippen LogP contribution >= 0.6 is 0 Å². The van der Waals surface area contributed by atoms with E-state index in [4.69, 9.17) is 7.85 Å². The second-order valence-electron chi connectivity index (χ2n) is 6.62. The molecule has 0 saturated heterocycles. The van der Waals surface area contributed by atoms with Gasteiger partial charge >= 0.3 is 6.18 Å². The summed E-state index contributed by atoms with van der Waals surface area (Å²) in [6.45, 7) is 0.869. The predicted molar refractivity (Wildman–Crippen MR) is 104 cm³/mol. The third-order valence-electron chi connectivity index (χ3n) is 4.03. The Kier molecular flexibility index (Phi) is 6.76. The number of aromatic nitrogens is 2. The van der Waals surface area contributed by atoms with E-state index in [1.165, 1.54) is 19.2 Å². The number of carbonyl (C=O) groups excluding carboxylic acids is 2. The maximum Gasteiger partial charge on any atom is 0.417 e. The van der Waals surface area contributed by atoms with Crippen molar-refractivity contribution in [2.24, 2.45) is 0 Å². The first-order valence-electron chi connectivity index (χ1n) is 8.46. The molecule has 2 radical (unpaired) electrons. The fraction of sp³-hybridized carbons (Fsp3) is 0.294. The van der Waals surface area contributed by atoms with Crippen molar-refractivity contribution in [1.29, 1.82) is 0 Å². The number of anilines is 1. The van der Waals surface area contributed by atoms with E-state index in [2.05, 4.69) is 15.5 Å². The first-order valence-corrected chi connectivity index (χ1v) is 10.1. The van der Waals surface area contributed by atoms with E-state index >= 15 is 0 Å². The number of hydrogen-bond acceptors (Lipinski definition) is 7. The van der Waals surface area contributed by atoms with Crippen molar-refractivity contribution in [1.82, 2.24) is 15.5 Å². The third kappa shape index (κ3) is 5.79. The quantitative estimate of drug-likeness (QED) is 0.513. The average Bonchev–Trinajstić information content (AvgIpc) is 2.67. The Morgan fingerprint density at radius 2 is 1.74 bits per heavy atom. The molecule has 0 aliphatic carbocycles. The normalized spacial score (nSPS) is 13.9. The molecule has 1 aromatic heterocycles. The minimum absolute atomic E-state index is 0.188. The molecule has 0 fully saturated rings. The highest BCUT2D eigenvalue weighted by atomic mass is 32.2. The Morgan fingerprint density at radius 1 is 1.16 bits per heavy atom. The molecule has 1 aromatic carbocycles. The molecule has 0 aliphatic rings. The summed E-state index contributed by atoms with van der Waals surface area (Å²) in [6.07, 6.45) is -4.87. The first kappa shape index (κ1) is 24.3.